The van der Waals surface area contributed by atoms with E-state index in [-0.39, 0.29) is 5.69 Å². The summed E-state index contributed by atoms with van der Waals surface area (Å²) < 4.78 is 1.97. The Morgan fingerprint density at radius 3 is 2.47 bits per heavy atom. The van der Waals surface area contributed by atoms with Crippen molar-refractivity contribution in [2.24, 2.45) is 0 Å². The second-order valence-electron chi connectivity index (χ2n) is 8.25. The fourth-order valence-electron chi connectivity index (χ4n) is 4.01. The summed E-state index contributed by atoms with van der Waals surface area (Å²) >= 11 is 0. The Kier molecular flexibility index (Phi) is 5.24. The van der Waals surface area contributed by atoms with E-state index in [1.54, 1.807) is 0 Å². The van der Waals surface area contributed by atoms with E-state index in [0.717, 1.165) is 29.4 Å². The largest absolute Gasteiger partial charge is 0.349 e. The van der Waals surface area contributed by atoms with Gasteiger partial charge in [0.1, 0.15) is 0 Å². The van der Waals surface area contributed by atoms with Crippen LogP contribution in [0.15, 0.2) is 46.0 Å². The number of aromatic nitrogens is 4. The first-order valence-electron chi connectivity index (χ1n) is 10.3. The zero-order chi connectivity index (χ0) is 21.4. The first kappa shape index (κ1) is 20.0. The number of rotatable bonds is 5. The van der Waals surface area contributed by atoms with Crippen molar-refractivity contribution < 1.29 is 0 Å². The highest BCUT2D eigenvalue weighted by molar-refractivity contribution is 5.81. The summed E-state index contributed by atoms with van der Waals surface area (Å²) in [5.74, 6) is 0.694. The molecule has 0 saturated heterocycles. The summed E-state index contributed by atoms with van der Waals surface area (Å²) in [7, 11) is 0. The van der Waals surface area contributed by atoms with Crippen LogP contribution < -0.4 is 11.2 Å². The lowest BCUT2D eigenvalue weighted by Crippen LogP contribution is -2.29. The van der Waals surface area contributed by atoms with Crippen LogP contribution in [0, 0.1) is 13.8 Å². The lowest BCUT2D eigenvalue weighted by atomic mass is 9.97. The maximum absolute atomic E-state index is 12.4. The van der Waals surface area contributed by atoms with Crippen molar-refractivity contribution in [2.75, 3.05) is 0 Å². The Bertz CT molecular complexity index is 1300. The Morgan fingerprint density at radius 2 is 1.77 bits per heavy atom. The molecule has 2 aliphatic rings. The van der Waals surface area contributed by atoms with Crippen molar-refractivity contribution in [1.29, 1.82) is 0 Å². The molecule has 0 radical (unpaired) electrons. The number of fused-ring (bicyclic) bond motifs is 2. The molecule has 1 N–H and O–H groups in total. The van der Waals surface area contributed by atoms with Crippen molar-refractivity contribution >= 4 is 11.0 Å². The average molecular weight is 402 g/mol. The van der Waals surface area contributed by atoms with E-state index >= 15 is 0 Å². The van der Waals surface area contributed by atoms with Gasteiger partial charge in [-0.1, -0.05) is 43.7 Å². The van der Waals surface area contributed by atoms with E-state index in [1.165, 1.54) is 16.7 Å². The molecule has 0 unspecified atom stereocenters. The molecule has 0 atom stereocenters. The van der Waals surface area contributed by atoms with E-state index in [4.69, 9.17) is 0 Å². The van der Waals surface area contributed by atoms with E-state index in [2.05, 4.69) is 79.0 Å². The van der Waals surface area contributed by atoms with Gasteiger partial charge in [0.05, 0.1) is 11.0 Å². The second-order valence-corrected chi connectivity index (χ2v) is 8.25. The van der Waals surface area contributed by atoms with Crippen LogP contribution in [0.2, 0.25) is 0 Å². The fraction of sp³-hybridized carbons (Fsp3) is 0.333. The molecule has 154 valence electrons. The first-order valence-corrected chi connectivity index (χ1v) is 10.3. The molecule has 6 nitrogen and oxygen atoms in total. The number of hydrogen-bond acceptors (Lipinski definition) is 4. The molecule has 0 spiro atoms. The molecule has 2 heterocycles. The highest BCUT2D eigenvalue weighted by Gasteiger charge is 2.19. The van der Waals surface area contributed by atoms with Gasteiger partial charge in [0.2, 0.25) is 0 Å². The number of aromatic amines is 1. The van der Waals surface area contributed by atoms with Crippen LogP contribution in [0.1, 0.15) is 48.4 Å². The second kappa shape index (κ2) is 7.86. The Morgan fingerprint density at radius 1 is 1.03 bits per heavy atom. The monoisotopic (exact) mass is 402 g/mol. The third kappa shape index (κ3) is 3.77. The van der Waals surface area contributed by atoms with Crippen molar-refractivity contribution in [3.63, 3.8) is 0 Å². The highest BCUT2D eigenvalue weighted by Crippen LogP contribution is 2.28. The molecule has 6 heteroatoms. The topological polar surface area (TPSA) is 80.6 Å². The van der Waals surface area contributed by atoms with Crippen molar-refractivity contribution in [3.05, 3.63) is 79.5 Å². The van der Waals surface area contributed by atoms with Crippen molar-refractivity contribution in [3.8, 4) is 11.5 Å². The maximum Gasteiger partial charge on any atom is 0.349 e. The summed E-state index contributed by atoms with van der Waals surface area (Å²) in [5.41, 5.74) is 5.57. The molecule has 0 fully saturated rings. The first-order chi connectivity index (χ1) is 14.3. The third-order valence-corrected chi connectivity index (χ3v) is 5.59. The zero-order valence-corrected chi connectivity index (χ0v) is 17.8. The van der Waals surface area contributed by atoms with Gasteiger partial charge in [0.25, 0.3) is 5.56 Å². The lowest BCUT2D eigenvalue weighted by molar-refractivity contribution is 0.648. The molecule has 0 bridgehead atoms. The predicted octanol–water partition coefficient (Wildman–Crippen LogP) is 3.96. The Balaban J connectivity index is 1.83. The molecular formula is C24H26N4O2. The van der Waals surface area contributed by atoms with Crippen LogP contribution in [-0.4, -0.2) is 19.5 Å². The van der Waals surface area contributed by atoms with Crippen LogP contribution >= 0.6 is 0 Å². The highest BCUT2D eigenvalue weighted by atomic mass is 16.2. The zero-order valence-electron chi connectivity index (χ0n) is 17.8. The van der Waals surface area contributed by atoms with Gasteiger partial charge in [-0.2, -0.15) is 4.98 Å². The van der Waals surface area contributed by atoms with Crippen LogP contribution in [0.3, 0.4) is 0 Å². The minimum atomic E-state index is -0.642. The number of nitrogens with zero attached hydrogens (tertiary/aromatic N) is 3. The van der Waals surface area contributed by atoms with Gasteiger partial charge in [0.15, 0.2) is 11.5 Å². The summed E-state index contributed by atoms with van der Waals surface area (Å²) in [6.07, 6.45) is 1.75. The normalized spacial score (nSPS) is 11.6. The number of benzene rings is 2. The molecule has 2 aromatic carbocycles. The molecular weight excluding hydrogens is 376 g/mol. The van der Waals surface area contributed by atoms with Gasteiger partial charge in [-0.3, -0.25) is 9.78 Å². The SMILES string of the molecule is Cc1ccc(CCCn2c3nc(=O)[nH]c(=O)c-3nc3cc(C(C)C)c(C)cc32)cc1. The molecule has 2 aromatic rings. The van der Waals surface area contributed by atoms with Crippen LogP contribution in [0.5, 0.6) is 0 Å². The minimum absolute atomic E-state index is 0.205. The van der Waals surface area contributed by atoms with E-state index in [1.807, 2.05) is 4.57 Å². The lowest BCUT2D eigenvalue weighted by Gasteiger charge is -2.19. The summed E-state index contributed by atoms with van der Waals surface area (Å²) in [6.45, 7) is 9.08. The van der Waals surface area contributed by atoms with Gasteiger partial charge in [0, 0.05) is 6.54 Å². The number of H-pyrrole nitrogens is 1. The summed E-state index contributed by atoms with van der Waals surface area (Å²) in [5, 5.41) is 0. The maximum atomic E-state index is 12.4. The molecule has 30 heavy (non-hydrogen) atoms. The minimum Gasteiger partial charge on any atom is -0.322 e. The summed E-state index contributed by atoms with van der Waals surface area (Å²) in [6, 6.07) is 12.6. The molecule has 0 saturated carbocycles. The van der Waals surface area contributed by atoms with Gasteiger partial charge in [-0.05, 0) is 61.4 Å². The number of nitrogens with one attached hydrogen (secondary N) is 1. The van der Waals surface area contributed by atoms with E-state index in [9.17, 15) is 9.59 Å². The van der Waals surface area contributed by atoms with Gasteiger partial charge in [-0.25, -0.2) is 9.78 Å². The average Bonchev–Trinajstić information content (AvgIpc) is 2.69. The van der Waals surface area contributed by atoms with Gasteiger partial charge in [-0.15, -0.1) is 0 Å². The molecule has 4 rings (SSSR count). The fourth-order valence-corrected chi connectivity index (χ4v) is 4.01. The number of aryl methyl sites for hydroxylation is 4. The van der Waals surface area contributed by atoms with E-state index in [0.29, 0.717) is 18.3 Å². The van der Waals surface area contributed by atoms with Crippen LogP contribution in [0.25, 0.3) is 22.6 Å². The predicted molar refractivity (Wildman–Crippen MR) is 119 cm³/mol. The molecule has 0 aromatic heterocycles. The number of hydrogen-bond donors (Lipinski definition) is 1. The van der Waals surface area contributed by atoms with Crippen LogP contribution in [0.4, 0.5) is 0 Å². The Labute approximate surface area is 175 Å². The van der Waals surface area contributed by atoms with Crippen molar-refractivity contribution in [2.45, 2.75) is 53.0 Å². The standard InChI is InChI=1S/C24H26N4O2/c1-14(2)18-13-19-20(12-16(18)4)28(11-5-6-17-9-7-15(3)8-10-17)22-21(25-19)23(29)27-24(30)26-22/h7-10,12-14H,5-6,11H2,1-4H3,(H,27,29,30). The van der Waals surface area contributed by atoms with Crippen molar-refractivity contribution in [1.82, 2.24) is 19.5 Å². The van der Waals surface area contributed by atoms with Gasteiger partial charge >= 0.3 is 5.69 Å². The van der Waals surface area contributed by atoms with E-state index < -0.39 is 11.2 Å². The van der Waals surface area contributed by atoms with Gasteiger partial charge < -0.3 is 4.57 Å². The smallest absolute Gasteiger partial charge is 0.322 e. The molecule has 2 aliphatic heterocycles. The summed E-state index contributed by atoms with van der Waals surface area (Å²) in [4.78, 5) is 35.3. The quantitative estimate of drug-likeness (QED) is 0.513. The Hall–Kier alpha value is -3.28. The van der Waals surface area contributed by atoms with Crippen LogP contribution in [-0.2, 0) is 13.0 Å². The third-order valence-electron chi connectivity index (χ3n) is 5.59. The molecule has 0 aliphatic carbocycles. The molecule has 0 amide bonds.